The van der Waals surface area contributed by atoms with E-state index in [0.29, 0.717) is 4.47 Å². The fourth-order valence-corrected chi connectivity index (χ4v) is 1.70. The molecule has 1 heterocycles. The molecule has 0 saturated heterocycles. The molecule has 0 radical (unpaired) electrons. The van der Waals surface area contributed by atoms with Crippen LogP contribution in [0.4, 0.5) is 10.5 Å². The molecular formula is C13H18BrN3O5. The molecule has 1 aromatic rings. The quantitative estimate of drug-likeness (QED) is 0.716. The second-order valence-corrected chi connectivity index (χ2v) is 6.31. The molecule has 0 aliphatic rings. The number of aliphatic carboxylic acids is 1. The molecule has 1 rings (SSSR count). The Balaban J connectivity index is 2.65. The summed E-state index contributed by atoms with van der Waals surface area (Å²) in [6.45, 7) is 4.68. The summed E-state index contributed by atoms with van der Waals surface area (Å²) >= 11 is 3.19. The number of nitrogens with two attached hydrogens (primary N) is 1. The zero-order chi connectivity index (χ0) is 16.9. The molecule has 0 fully saturated rings. The van der Waals surface area contributed by atoms with E-state index in [4.69, 9.17) is 20.3 Å². The molecule has 22 heavy (non-hydrogen) atoms. The van der Waals surface area contributed by atoms with Crippen molar-refractivity contribution in [3.63, 3.8) is 0 Å². The third kappa shape index (κ3) is 6.17. The molecule has 1 amide bonds. The molecule has 0 aromatic carbocycles. The van der Waals surface area contributed by atoms with Crippen LogP contribution in [0, 0.1) is 0 Å². The molecule has 0 aliphatic heterocycles. The number of rotatable bonds is 5. The summed E-state index contributed by atoms with van der Waals surface area (Å²) in [6.07, 6.45) is 0.614. The first-order chi connectivity index (χ1) is 10.1. The SMILES string of the molecule is CC(C)(C)OC(=O)N[C@@H](COc1ncc(Br)cc1N)C(=O)O. The molecule has 0 bridgehead atoms. The number of aromatic nitrogens is 1. The van der Waals surface area contributed by atoms with Gasteiger partial charge in [-0.25, -0.2) is 14.6 Å². The van der Waals surface area contributed by atoms with E-state index in [1.54, 1.807) is 26.8 Å². The third-order valence-corrected chi connectivity index (χ3v) is 2.65. The number of hydrogen-bond donors (Lipinski definition) is 3. The fourth-order valence-electron chi connectivity index (χ4n) is 1.35. The summed E-state index contributed by atoms with van der Waals surface area (Å²) in [6, 6.07) is 0.277. The number of carboxylic acids is 1. The van der Waals surface area contributed by atoms with E-state index in [0.717, 1.165) is 0 Å². The van der Waals surface area contributed by atoms with Gasteiger partial charge in [0, 0.05) is 10.7 Å². The minimum absolute atomic E-state index is 0.0837. The molecule has 0 aliphatic carbocycles. The van der Waals surface area contributed by atoms with Crippen LogP contribution in [-0.4, -0.2) is 40.4 Å². The standard InChI is InChI=1S/C13H18BrN3O5/c1-13(2,3)22-12(20)17-9(11(18)19)6-21-10-8(15)4-7(14)5-16-10/h4-5,9H,6,15H2,1-3H3,(H,17,20)(H,18,19)/t9-/m0/s1. The highest BCUT2D eigenvalue weighted by Crippen LogP contribution is 2.21. The van der Waals surface area contributed by atoms with Crippen molar-refractivity contribution in [3.8, 4) is 5.88 Å². The van der Waals surface area contributed by atoms with Gasteiger partial charge >= 0.3 is 12.1 Å². The zero-order valence-electron chi connectivity index (χ0n) is 12.4. The van der Waals surface area contributed by atoms with Crippen molar-refractivity contribution in [1.29, 1.82) is 0 Å². The van der Waals surface area contributed by atoms with Crippen molar-refractivity contribution in [2.24, 2.45) is 0 Å². The second kappa shape index (κ2) is 7.30. The lowest BCUT2D eigenvalue weighted by molar-refractivity contribution is -0.140. The van der Waals surface area contributed by atoms with Crippen LogP contribution >= 0.6 is 15.9 Å². The number of nitrogens with zero attached hydrogens (tertiary/aromatic N) is 1. The number of pyridine rings is 1. The Morgan fingerprint density at radius 2 is 2.14 bits per heavy atom. The normalized spacial score (nSPS) is 12.4. The Labute approximate surface area is 136 Å². The topological polar surface area (TPSA) is 124 Å². The van der Waals surface area contributed by atoms with Crippen molar-refractivity contribution < 1.29 is 24.2 Å². The molecule has 1 aromatic heterocycles. The Bertz CT molecular complexity index is 559. The summed E-state index contributed by atoms with van der Waals surface area (Å²) in [7, 11) is 0. The smallest absolute Gasteiger partial charge is 0.408 e. The van der Waals surface area contributed by atoms with Crippen LogP contribution in [0.1, 0.15) is 20.8 Å². The van der Waals surface area contributed by atoms with E-state index >= 15 is 0 Å². The highest BCUT2D eigenvalue weighted by atomic mass is 79.9. The highest BCUT2D eigenvalue weighted by molar-refractivity contribution is 9.10. The maximum Gasteiger partial charge on any atom is 0.408 e. The van der Waals surface area contributed by atoms with Gasteiger partial charge in [0.1, 0.15) is 12.2 Å². The molecule has 9 heteroatoms. The van der Waals surface area contributed by atoms with Gasteiger partial charge < -0.3 is 25.6 Å². The van der Waals surface area contributed by atoms with Gasteiger partial charge in [-0.05, 0) is 42.8 Å². The van der Waals surface area contributed by atoms with Crippen LogP contribution in [0.2, 0.25) is 0 Å². The summed E-state index contributed by atoms with van der Waals surface area (Å²) in [4.78, 5) is 26.7. The highest BCUT2D eigenvalue weighted by Gasteiger charge is 2.25. The van der Waals surface area contributed by atoms with Crippen molar-refractivity contribution in [2.75, 3.05) is 12.3 Å². The number of alkyl carbamates (subject to hydrolysis) is 1. The first-order valence-corrected chi connectivity index (χ1v) is 7.14. The Kier molecular flexibility index (Phi) is 5.98. The number of nitrogens with one attached hydrogen (secondary N) is 1. The predicted octanol–water partition coefficient (Wildman–Crippen LogP) is 1.78. The van der Waals surface area contributed by atoms with Gasteiger partial charge in [-0.3, -0.25) is 0 Å². The van der Waals surface area contributed by atoms with E-state index in [1.807, 2.05) is 0 Å². The van der Waals surface area contributed by atoms with Crippen LogP contribution in [0.3, 0.4) is 0 Å². The lowest BCUT2D eigenvalue weighted by Crippen LogP contribution is -2.46. The molecule has 4 N–H and O–H groups in total. The first-order valence-electron chi connectivity index (χ1n) is 6.34. The van der Waals surface area contributed by atoms with Gasteiger partial charge in [0.05, 0.1) is 5.69 Å². The number of hydrogen-bond acceptors (Lipinski definition) is 6. The Hall–Kier alpha value is -2.03. The monoisotopic (exact) mass is 375 g/mol. The molecule has 1 atom stereocenters. The third-order valence-electron chi connectivity index (χ3n) is 2.22. The van der Waals surface area contributed by atoms with E-state index < -0.39 is 23.7 Å². The van der Waals surface area contributed by atoms with E-state index in [-0.39, 0.29) is 18.2 Å². The minimum Gasteiger partial charge on any atom is -0.480 e. The maximum absolute atomic E-state index is 11.6. The molecule has 0 spiro atoms. The molecular weight excluding hydrogens is 358 g/mol. The number of nitrogen functional groups attached to an aromatic ring is 1. The number of carboxylic acid groups (broad SMARTS) is 1. The largest absolute Gasteiger partial charge is 0.480 e. The van der Waals surface area contributed by atoms with E-state index in [2.05, 4.69) is 26.2 Å². The molecule has 0 unspecified atom stereocenters. The maximum atomic E-state index is 11.6. The van der Waals surface area contributed by atoms with Crippen molar-refractivity contribution in [2.45, 2.75) is 32.4 Å². The number of ether oxygens (including phenoxy) is 2. The number of carbonyl (C=O) groups excluding carboxylic acids is 1. The molecule has 0 saturated carbocycles. The van der Waals surface area contributed by atoms with Crippen LogP contribution < -0.4 is 15.8 Å². The Morgan fingerprint density at radius 1 is 1.50 bits per heavy atom. The average Bonchev–Trinajstić information content (AvgIpc) is 2.33. The predicted molar refractivity (Wildman–Crippen MR) is 82.6 cm³/mol. The summed E-state index contributed by atoms with van der Waals surface area (Å²) < 4.78 is 10.9. The van der Waals surface area contributed by atoms with Crippen LogP contribution in [-0.2, 0) is 9.53 Å². The summed E-state index contributed by atoms with van der Waals surface area (Å²) in [5.74, 6) is -1.18. The molecule has 122 valence electrons. The van der Waals surface area contributed by atoms with Crippen molar-refractivity contribution in [3.05, 3.63) is 16.7 Å². The minimum atomic E-state index is -1.29. The van der Waals surface area contributed by atoms with Crippen LogP contribution in [0.5, 0.6) is 5.88 Å². The van der Waals surface area contributed by atoms with Gasteiger partial charge in [0.2, 0.25) is 5.88 Å². The zero-order valence-corrected chi connectivity index (χ0v) is 14.0. The first kappa shape index (κ1) is 18.0. The molecule has 8 nitrogen and oxygen atoms in total. The number of amides is 1. The lowest BCUT2D eigenvalue weighted by Gasteiger charge is -2.22. The van der Waals surface area contributed by atoms with Gasteiger partial charge in [-0.1, -0.05) is 0 Å². The van der Waals surface area contributed by atoms with Crippen LogP contribution in [0.15, 0.2) is 16.7 Å². The Morgan fingerprint density at radius 3 is 2.64 bits per heavy atom. The fraction of sp³-hybridized carbons (Fsp3) is 0.462. The van der Waals surface area contributed by atoms with Crippen molar-refractivity contribution >= 4 is 33.7 Å². The van der Waals surface area contributed by atoms with Gasteiger partial charge in [0.25, 0.3) is 0 Å². The number of carbonyl (C=O) groups is 2. The average molecular weight is 376 g/mol. The summed E-state index contributed by atoms with van der Waals surface area (Å²) in [5, 5.41) is 11.3. The second-order valence-electron chi connectivity index (χ2n) is 5.40. The van der Waals surface area contributed by atoms with Gasteiger partial charge in [-0.15, -0.1) is 0 Å². The van der Waals surface area contributed by atoms with E-state index in [9.17, 15) is 9.59 Å². The van der Waals surface area contributed by atoms with Gasteiger partial charge in [-0.2, -0.15) is 0 Å². The lowest BCUT2D eigenvalue weighted by atomic mass is 10.2. The van der Waals surface area contributed by atoms with E-state index in [1.165, 1.54) is 6.20 Å². The van der Waals surface area contributed by atoms with Gasteiger partial charge in [0.15, 0.2) is 6.04 Å². The van der Waals surface area contributed by atoms with Crippen molar-refractivity contribution in [1.82, 2.24) is 10.3 Å². The number of anilines is 1. The number of halogens is 1. The summed E-state index contributed by atoms with van der Waals surface area (Å²) in [5.41, 5.74) is 5.21. The van der Waals surface area contributed by atoms with Crippen LogP contribution in [0.25, 0.3) is 0 Å².